The fraction of sp³-hybridized carbons (Fsp3) is 0.833. The molecule has 0 rings (SSSR count). The Bertz CT molecular complexity index is 113. The van der Waals surface area contributed by atoms with Crippen LogP contribution in [0.25, 0.3) is 0 Å². The number of nitrogens with zero attached hydrogens (tertiary/aromatic N) is 1. The first-order valence-electron chi connectivity index (χ1n) is 3.15. The minimum atomic E-state index is -0.358. The molecule has 0 radical (unpaired) electrons. The second-order valence-corrected chi connectivity index (χ2v) is 3.04. The molecule has 0 spiro atoms. The van der Waals surface area contributed by atoms with Crippen molar-refractivity contribution in [3.8, 4) is 6.07 Å². The monoisotopic (exact) mass is 160 g/mol. The third-order valence-electron chi connectivity index (χ3n) is 0.910. The average molecular weight is 160 g/mol. The Labute approximate surface area is 65.2 Å². The van der Waals surface area contributed by atoms with Crippen molar-refractivity contribution in [3.63, 3.8) is 0 Å². The summed E-state index contributed by atoms with van der Waals surface area (Å²) in [6.07, 6.45) is 0.781. The highest BCUT2D eigenvalue weighted by Crippen LogP contribution is 2.02. The van der Waals surface area contributed by atoms with E-state index in [0.717, 1.165) is 12.2 Å². The molecule has 0 bridgehead atoms. The second-order valence-electron chi connectivity index (χ2n) is 1.89. The van der Waals surface area contributed by atoms with Crippen molar-refractivity contribution in [3.05, 3.63) is 0 Å². The molecule has 58 valence electrons. The summed E-state index contributed by atoms with van der Waals surface area (Å²) < 4.78 is 0. The molecule has 3 N–H and O–H groups in total. The molecule has 0 saturated carbocycles. The summed E-state index contributed by atoms with van der Waals surface area (Å²) >= 11 is 1.60. The highest BCUT2D eigenvalue weighted by Gasteiger charge is 1.97. The van der Waals surface area contributed by atoms with Crippen LogP contribution in [0.3, 0.4) is 0 Å². The maximum atomic E-state index is 8.38. The standard InChI is InChI=1S/C6H12N2OS/c7-4-6(8)5-10-3-1-2-9/h6,9H,1-3,5,8H2. The SMILES string of the molecule is N#CC(N)CSCCCO. The number of thioether (sulfide) groups is 1. The number of hydrogen-bond donors (Lipinski definition) is 2. The van der Waals surface area contributed by atoms with Gasteiger partial charge in [0.05, 0.1) is 6.07 Å². The molecule has 0 aliphatic rings. The van der Waals surface area contributed by atoms with Crippen LogP contribution in [0.5, 0.6) is 0 Å². The van der Waals surface area contributed by atoms with Gasteiger partial charge in [0, 0.05) is 12.4 Å². The maximum absolute atomic E-state index is 8.38. The van der Waals surface area contributed by atoms with Crippen molar-refractivity contribution < 1.29 is 5.11 Å². The van der Waals surface area contributed by atoms with Crippen LogP contribution in [0.15, 0.2) is 0 Å². The van der Waals surface area contributed by atoms with Crippen LogP contribution in [0, 0.1) is 11.3 Å². The third-order valence-corrected chi connectivity index (χ3v) is 2.08. The summed E-state index contributed by atoms with van der Waals surface area (Å²) in [6, 6.07) is 1.58. The number of aliphatic hydroxyl groups excluding tert-OH is 1. The molecular formula is C6H12N2OS. The van der Waals surface area contributed by atoms with Crippen molar-refractivity contribution in [2.75, 3.05) is 18.1 Å². The summed E-state index contributed by atoms with van der Waals surface area (Å²) in [5, 5.41) is 16.6. The summed E-state index contributed by atoms with van der Waals surface area (Å²) in [4.78, 5) is 0. The van der Waals surface area contributed by atoms with Gasteiger partial charge in [-0.1, -0.05) is 0 Å². The zero-order valence-corrected chi connectivity index (χ0v) is 6.60. The number of aliphatic hydroxyl groups is 1. The van der Waals surface area contributed by atoms with Crippen molar-refractivity contribution in [1.82, 2.24) is 0 Å². The van der Waals surface area contributed by atoms with Gasteiger partial charge in [-0.25, -0.2) is 0 Å². The van der Waals surface area contributed by atoms with Gasteiger partial charge in [-0.2, -0.15) is 17.0 Å². The minimum absolute atomic E-state index is 0.217. The lowest BCUT2D eigenvalue weighted by Crippen LogP contribution is -2.20. The van der Waals surface area contributed by atoms with E-state index in [-0.39, 0.29) is 12.6 Å². The first-order chi connectivity index (χ1) is 4.81. The minimum Gasteiger partial charge on any atom is -0.396 e. The van der Waals surface area contributed by atoms with Crippen LogP contribution in [-0.2, 0) is 0 Å². The normalized spacial score (nSPS) is 12.5. The van der Waals surface area contributed by atoms with Gasteiger partial charge in [0.15, 0.2) is 0 Å². The fourth-order valence-electron chi connectivity index (χ4n) is 0.414. The maximum Gasteiger partial charge on any atom is 0.102 e. The fourth-order valence-corrected chi connectivity index (χ4v) is 1.24. The molecule has 0 aromatic heterocycles. The molecular weight excluding hydrogens is 148 g/mol. The van der Waals surface area contributed by atoms with Crippen molar-refractivity contribution >= 4 is 11.8 Å². The quantitative estimate of drug-likeness (QED) is 0.553. The van der Waals surface area contributed by atoms with E-state index >= 15 is 0 Å². The summed E-state index contributed by atoms with van der Waals surface area (Å²) in [7, 11) is 0. The van der Waals surface area contributed by atoms with Gasteiger partial charge in [-0.15, -0.1) is 0 Å². The second kappa shape index (κ2) is 6.87. The molecule has 0 saturated heterocycles. The van der Waals surface area contributed by atoms with Crippen molar-refractivity contribution in [2.24, 2.45) is 5.73 Å². The molecule has 4 heteroatoms. The van der Waals surface area contributed by atoms with Gasteiger partial charge < -0.3 is 10.8 Å². The molecule has 1 unspecified atom stereocenters. The first-order valence-corrected chi connectivity index (χ1v) is 4.30. The Balaban J connectivity index is 2.98. The van der Waals surface area contributed by atoms with E-state index in [1.807, 2.05) is 6.07 Å². The van der Waals surface area contributed by atoms with Crippen molar-refractivity contribution in [2.45, 2.75) is 12.5 Å². The topological polar surface area (TPSA) is 70.0 Å². The molecule has 0 aromatic rings. The summed E-state index contributed by atoms with van der Waals surface area (Å²) in [5.74, 6) is 1.54. The van der Waals surface area contributed by atoms with E-state index in [1.165, 1.54) is 0 Å². The molecule has 10 heavy (non-hydrogen) atoms. The zero-order valence-electron chi connectivity index (χ0n) is 5.79. The van der Waals surface area contributed by atoms with Gasteiger partial charge in [-0.05, 0) is 12.2 Å². The first kappa shape index (κ1) is 9.76. The number of rotatable bonds is 5. The van der Waals surface area contributed by atoms with Gasteiger partial charge in [0.25, 0.3) is 0 Å². The summed E-state index contributed by atoms with van der Waals surface area (Å²) in [6.45, 7) is 0.217. The summed E-state index contributed by atoms with van der Waals surface area (Å²) in [5.41, 5.74) is 5.31. The molecule has 0 heterocycles. The van der Waals surface area contributed by atoms with Crippen molar-refractivity contribution in [1.29, 1.82) is 5.26 Å². The third kappa shape index (κ3) is 5.89. The predicted molar refractivity (Wildman–Crippen MR) is 42.6 cm³/mol. The van der Waals surface area contributed by atoms with E-state index < -0.39 is 0 Å². The number of hydrogen-bond acceptors (Lipinski definition) is 4. The van der Waals surface area contributed by atoms with E-state index in [9.17, 15) is 0 Å². The van der Waals surface area contributed by atoms with Crippen LogP contribution < -0.4 is 5.73 Å². The van der Waals surface area contributed by atoms with E-state index in [2.05, 4.69) is 0 Å². The van der Waals surface area contributed by atoms with Gasteiger partial charge in [0.2, 0.25) is 0 Å². The molecule has 1 atom stereocenters. The lowest BCUT2D eigenvalue weighted by atomic mass is 10.4. The Morgan fingerprint density at radius 2 is 2.40 bits per heavy atom. The average Bonchev–Trinajstić information content (AvgIpc) is 1.98. The Kier molecular flexibility index (Phi) is 6.71. The Morgan fingerprint density at radius 3 is 2.90 bits per heavy atom. The lowest BCUT2D eigenvalue weighted by molar-refractivity contribution is 0.296. The molecule has 3 nitrogen and oxygen atoms in total. The Morgan fingerprint density at radius 1 is 1.70 bits per heavy atom. The van der Waals surface area contributed by atoms with Crippen LogP contribution in [0.1, 0.15) is 6.42 Å². The number of nitrogens with two attached hydrogens (primary N) is 1. The molecule has 0 aliphatic carbocycles. The molecule has 0 aliphatic heterocycles. The van der Waals surface area contributed by atoms with Crippen LogP contribution in [-0.4, -0.2) is 29.3 Å². The van der Waals surface area contributed by atoms with E-state index in [1.54, 1.807) is 11.8 Å². The van der Waals surface area contributed by atoms with Gasteiger partial charge in [-0.3, -0.25) is 0 Å². The van der Waals surface area contributed by atoms with Gasteiger partial charge >= 0.3 is 0 Å². The van der Waals surface area contributed by atoms with E-state index in [0.29, 0.717) is 5.75 Å². The highest BCUT2D eigenvalue weighted by atomic mass is 32.2. The molecule has 0 aromatic carbocycles. The Hall–Kier alpha value is -0.240. The highest BCUT2D eigenvalue weighted by molar-refractivity contribution is 7.99. The lowest BCUT2D eigenvalue weighted by Gasteiger charge is -2.00. The number of nitriles is 1. The predicted octanol–water partition coefficient (Wildman–Crippen LogP) is -0.0471. The van der Waals surface area contributed by atoms with Crippen LogP contribution >= 0.6 is 11.8 Å². The van der Waals surface area contributed by atoms with Crippen LogP contribution in [0.2, 0.25) is 0 Å². The van der Waals surface area contributed by atoms with Crippen LogP contribution in [0.4, 0.5) is 0 Å². The van der Waals surface area contributed by atoms with Gasteiger partial charge in [0.1, 0.15) is 6.04 Å². The smallest absolute Gasteiger partial charge is 0.102 e. The van der Waals surface area contributed by atoms with E-state index in [4.69, 9.17) is 16.1 Å². The zero-order chi connectivity index (χ0) is 7.82. The largest absolute Gasteiger partial charge is 0.396 e. The molecule has 0 fully saturated rings. The molecule has 0 amide bonds.